The molecule has 0 saturated carbocycles. The van der Waals surface area contributed by atoms with Crippen LogP contribution in [-0.4, -0.2) is 89.1 Å². The number of hydrogen-bond donors (Lipinski definition) is 4. The van der Waals surface area contributed by atoms with E-state index < -0.39 is 117 Å². The number of nitrogens with one attached hydrogen (secondary N) is 2. The molecule has 6 N–H and O–H groups in total. The maximum atomic E-state index is 13.4. The van der Waals surface area contributed by atoms with Gasteiger partial charge < -0.3 is 39.2 Å². The minimum atomic E-state index is -5.43. The first-order chi connectivity index (χ1) is 27.8. The number of anilines is 4. The van der Waals surface area contributed by atoms with Gasteiger partial charge in [0.1, 0.15) is 63.4 Å². The third-order valence-corrected chi connectivity index (χ3v) is 12.0. The Balaban J connectivity index is 0.00000352. The predicted octanol–water partition coefficient (Wildman–Crippen LogP) is -10.5. The third kappa shape index (κ3) is 11.4. The molecule has 0 atom stereocenters. The molecular formula is C34H24Li4N6O16S4. The summed E-state index contributed by atoms with van der Waals surface area (Å²) in [7, 11) is -18.5. The van der Waals surface area contributed by atoms with Crippen LogP contribution in [0.1, 0.15) is 31.8 Å². The fourth-order valence-corrected chi connectivity index (χ4v) is 8.37. The van der Waals surface area contributed by atoms with Gasteiger partial charge in [-0.2, -0.15) is 10.2 Å². The standard InChI is InChI=1S/C34H28N6O16S4.4Li/c1-55-25-9-15(3-5-23(25)37-39-31-27(59(49,50)51)11-17-7-19(57(43,44)45)13-21(35)29(17)33(31)41)16-4-6-24(26(10-16)56-2)38-40-32-28(60(52,53)54)12-18-8-20(58(46,47)48)14-22(36)30(18)34(32)42;;;;/h3-14,37-38H,35-36H2,1-2H3,(H,43,44,45)(H,46,47,48)(H,49,50,51)(H,52,53,54);;;;/q;4*+1/p-4. The van der Waals surface area contributed by atoms with Crippen LogP contribution in [0.15, 0.2) is 90.5 Å². The second-order valence-electron chi connectivity index (χ2n) is 12.4. The summed E-state index contributed by atoms with van der Waals surface area (Å²) in [5.74, 6) is -2.25. The van der Waals surface area contributed by atoms with Crippen molar-refractivity contribution in [1.29, 1.82) is 0 Å². The van der Waals surface area contributed by atoms with Crippen LogP contribution in [0.5, 0.6) is 11.5 Å². The molecule has 0 bridgehead atoms. The molecule has 0 radical (unpaired) electrons. The molecule has 2 aliphatic carbocycles. The minimum Gasteiger partial charge on any atom is -0.744 e. The van der Waals surface area contributed by atoms with Crippen molar-refractivity contribution in [2.24, 2.45) is 10.2 Å². The van der Waals surface area contributed by atoms with Crippen LogP contribution < -0.4 is 107 Å². The Morgan fingerprint density at radius 2 is 0.844 bits per heavy atom. The Morgan fingerprint density at radius 3 is 1.12 bits per heavy atom. The molecule has 0 spiro atoms. The van der Waals surface area contributed by atoms with Gasteiger partial charge in [0.15, 0.2) is 0 Å². The first-order valence-corrected chi connectivity index (χ1v) is 21.7. The maximum Gasteiger partial charge on any atom is 1.00 e. The molecule has 314 valence electrons. The average Bonchev–Trinajstić information content (AvgIpc) is 3.14. The van der Waals surface area contributed by atoms with Crippen molar-refractivity contribution in [3.8, 4) is 22.6 Å². The van der Waals surface area contributed by atoms with Crippen LogP contribution in [0, 0.1) is 0 Å². The Bertz CT molecular complexity index is 2990. The zero-order chi connectivity index (χ0) is 44.3. The van der Waals surface area contributed by atoms with Gasteiger partial charge in [0, 0.05) is 11.4 Å². The summed E-state index contributed by atoms with van der Waals surface area (Å²) >= 11 is 0. The summed E-state index contributed by atoms with van der Waals surface area (Å²) in [6.45, 7) is 0. The van der Waals surface area contributed by atoms with Gasteiger partial charge in [-0.05, 0) is 82.9 Å². The molecule has 0 saturated heterocycles. The SMILES string of the molecule is COc1cc(-c2ccc(NN=C3C(=O)c4c(N)cc(S(=O)(=O)[O-])cc4C=C3S(=O)(=O)[O-])c(OC)c2)ccc1NN=C1C(=O)c2c(N)cc(S(=O)(=O)[O-])cc2C=C1S(=O)(=O)[O-].[Li+].[Li+].[Li+].[Li+]. The largest absolute Gasteiger partial charge is 1.00 e. The van der Waals surface area contributed by atoms with Gasteiger partial charge in [0.25, 0.3) is 0 Å². The van der Waals surface area contributed by atoms with Gasteiger partial charge in [0.2, 0.25) is 11.6 Å². The van der Waals surface area contributed by atoms with E-state index in [1.807, 2.05) is 0 Å². The Kier molecular flexibility index (Phi) is 18.0. The fraction of sp³-hybridized carbons (Fsp3) is 0.0588. The first kappa shape index (κ1) is 56.0. The number of allylic oxidation sites excluding steroid dienone is 2. The van der Waals surface area contributed by atoms with E-state index in [1.165, 1.54) is 50.6 Å². The van der Waals surface area contributed by atoms with Crippen molar-refractivity contribution >= 4 is 98.4 Å². The van der Waals surface area contributed by atoms with Crippen LogP contribution in [0.4, 0.5) is 22.7 Å². The van der Waals surface area contributed by atoms with E-state index in [0.717, 1.165) is 0 Å². The minimum absolute atomic E-state index is 0. The summed E-state index contributed by atoms with van der Waals surface area (Å²) in [6, 6.07) is 11.5. The van der Waals surface area contributed by atoms with Gasteiger partial charge in [0.05, 0.1) is 56.3 Å². The molecule has 4 aromatic carbocycles. The van der Waals surface area contributed by atoms with E-state index in [9.17, 15) is 61.5 Å². The number of hydrogen-bond acceptors (Lipinski definition) is 22. The number of nitrogens with zero attached hydrogens (tertiary/aromatic N) is 2. The molecule has 4 aromatic rings. The number of nitrogen functional groups attached to an aromatic ring is 2. The molecule has 0 aliphatic heterocycles. The van der Waals surface area contributed by atoms with Crippen molar-refractivity contribution in [3.05, 3.63) is 92.7 Å². The smallest absolute Gasteiger partial charge is 0.744 e. The van der Waals surface area contributed by atoms with Crippen molar-refractivity contribution < 1.29 is 146 Å². The van der Waals surface area contributed by atoms with Gasteiger partial charge >= 0.3 is 75.4 Å². The van der Waals surface area contributed by atoms with Crippen LogP contribution in [0.3, 0.4) is 0 Å². The molecular weight excluding hydrogens is 904 g/mol. The number of carbonyl (C=O) groups excluding carboxylic acids is 2. The van der Waals surface area contributed by atoms with E-state index in [1.54, 1.807) is 0 Å². The average molecular weight is 929 g/mol. The molecule has 0 unspecified atom stereocenters. The molecule has 22 nitrogen and oxygen atoms in total. The zero-order valence-electron chi connectivity index (χ0n) is 34.1. The summed E-state index contributed by atoms with van der Waals surface area (Å²) in [5.41, 5.74) is 13.1. The summed E-state index contributed by atoms with van der Waals surface area (Å²) in [6.07, 6.45) is 1.32. The molecule has 0 heterocycles. The predicted molar refractivity (Wildman–Crippen MR) is 209 cm³/mol. The Morgan fingerprint density at radius 1 is 0.516 bits per heavy atom. The molecule has 30 heteroatoms. The normalized spacial score (nSPS) is 14.8. The molecule has 0 aromatic heterocycles. The van der Waals surface area contributed by atoms with E-state index in [0.29, 0.717) is 47.5 Å². The van der Waals surface area contributed by atoms with Crippen molar-refractivity contribution in [3.63, 3.8) is 0 Å². The molecule has 64 heavy (non-hydrogen) atoms. The van der Waals surface area contributed by atoms with E-state index in [2.05, 4.69) is 21.1 Å². The van der Waals surface area contributed by atoms with Crippen LogP contribution in [0.2, 0.25) is 0 Å². The van der Waals surface area contributed by atoms with Crippen LogP contribution in [-0.2, 0) is 40.5 Å². The van der Waals surface area contributed by atoms with Gasteiger partial charge in [-0.25, -0.2) is 33.7 Å². The van der Waals surface area contributed by atoms with Crippen LogP contribution >= 0.6 is 0 Å². The number of ketones is 2. The number of hydrazone groups is 2. The molecule has 2 aliphatic rings. The van der Waals surface area contributed by atoms with Gasteiger partial charge in [-0.1, -0.05) is 12.1 Å². The topological polar surface area (TPSA) is 382 Å². The number of Topliss-reactive ketones (excluding diaryl/α,β-unsaturated/α-hetero) is 2. The van der Waals surface area contributed by atoms with Crippen LogP contribution in [0.25, 0.3) is 23.3 Å². The Hall–Kier alpha value is -4.13. The van der Waals surface area contributed by atoms with E-state index >= 15 is 0 Å². The van der Waals surface area contributed by atoms with Crippen molar-refractivity contribution in [1.82, 2.24) is 0 Å². The summed E-state index contributed by atoms with van der Waals surface area (Å²) in [4.78, 5) is 22.8. The van der Waals surface area contributed by atoms with Crippen molar-refractivity contribution in [2.75, 3.05) is 36.5 Å². The van der Waals surface area contributed by atoms with Crippen molar-refractivity contribution in [2.45, 2.75) is 9.79 Å². The van der Waals surface area contributed by atoms with Gasteiger partial charge in [-0.15, -0.1) is 0 Å². The number of methoxy groups -OCH3 is 2. The second-order valence-corrected chi connectivity index (χ2v) is 17.9. The quantitative estimate of drug-likeness (QED) is 0.0469. The number of benzene rings is 4. The van der Waals surface area contributed by atoms with E-state index in [4.69, 9.17) is 20.9 Å². The number of ether oxygens (including phenoxy) is 2. The molecule has 0 amide bonds. The Labute approximate surface area is 413 Å². The second kappa shape index (κ2) is 20.6. The summed E-state index contributed by atoms with van der Waals surface area (Å²) < 4.78 is 153. The number of rotatable bonds is 11. The zero-order valence-corrected chi connectivity index (χ0v) is 37.4. The monoisotopic (exact) mass is 928 g/mol. The summed E-state index contributed by atoms with van der Waals surface area (Å²) in [5, 5.41) is 7.69. The number of fused-ring (bicyclic) bond motifs is 2. The first-order valence-electron chi connectivity index (χ1n) is 16.1. The van der Waals surface area contributed by atoms with E-state index in [-0.39, 0.29) is 98.3 Å². The third-order valence-electron chi connectivity index (χ3n) is 8.70. The van der Waals surface area contributed by atoms with Gasteiger partial charge in [-0.3, -0.25) is 20.4 Å². The number of nitrogens with two attached hydrogens (primary N) is 2. The number of carbonyl (C=O) groups is 2. The fourth-order valence-electron chi connectivity index (χ4n) is 5.99. The molecule has 0 fully saturated rings. The molecule has 6 rings (SSSR count). The maximum absolute atomic E-state index is 13.4.